The van der Waals surface area contributed by atoms with E-state index in [1.807, 2.05) is 20.8 Å². The van der Waals surface area contributed by atoms with Gasteiger partial charge in [0.25, 0.3) is 0 Å². The predicted octanol–water partition coefficient (Wildman–Crippen LogP) is 2.75. The molecule has 0 radical (unpaired) electrons. The lowest BCUT2D eigenvalue weighted by Crippen LogP contribution is -2.51. The summed E-state index contributed by atoms with van der Waals surface area (Å²) in [5, 5.41) is 16.3. The minimum absolute atomic E-state index is 0.317. The highest BCUT2D eigenvalue weighted by atomic mass is 32.1. The Morgan fingerprint density at radius 3 is 2.47 bits per heavy atom. The number of hydrogen-bond donors (Lipinski definition) is 3. The quantitative estimate of drug-likeness (QED) is 0.751. The van der Waals surface area contributed by atoms with Gasteiger partial charge >= 0.3 is 12.0 Å². The Balaban J connectivity index is 2.71. The van der Waals surface area contributed by atoms with Gasteiger partial charge in [0.2, 0.25) is 0 Å². The second kappa shape index (κ2) is 6.56. The van der Waals surface area contributed by atoms with Gasteiger partial charge in [-0.1, -0.05) is 19.9 Å². The first-order valence-electron chi connectivity index (χ1n) is 6.26. The van der Waals surface area contributed by atoms with Crippen LogP contribution >= 0.6 is 11.3 Å². The molecule has 0 aromatic carbocycles. The van der Waals surface area contributed by atoms with E-state index in [1.54, 1.807) is 17.5 Å². The van der Waals surface area contributed by atoms with Crippen molar-refractivity contribution >= 4 is 23.3 Å². The standard InChI is InChI=1S/C13H20N2O3S/c1-4-13(3,5-2)15-12(18)14-10(11(16)17)9-7-6-8-19-9/h6-8,10H,4-5H2,1-3H3,(H,16,17)(H2,14,15,18). The van der Waals surface area contributed by atoms with Crippen LogP contribution in [-0.2, 0) is 4.79 Å². The van der Waals surface area contributed by atoms with Crippen LogP contribution in [0.25, 0.3) is 0 Å². The van der Waals surface area contributed by atoms with Crippen molar-refractivity contribution in [2.75, 3.05) is 0 Å². The molecule has 1 unspecified atom stereocenters. The fourth-order valence-corrected chi connectivity index (χ4v) is 2.35. The summed E-state index contributed by atoms with van der Waals surface area (Å²) in [7, 11) is 0. The molecule has 6 heteroatoms. The Kier molecular flexibility index (Phi) is 5.35. The van der Waals surface area contributed by atoms with Crippen LogP contribution in [0.15, 0.2) is 17.5 Å². The van der Waals surface area contributed by atoms with E-state index in [1.165, 1.54) is 11.3 Å². The summed E-state index contributed by atoms with van der Waals surface area (Å²) in [4.78, 5) is 23.7. The van der Waals surface area contributed by atoms with Gasteiger partial charge in [-0.05, 0) is 31.2 Å². The smallest absolute Gasteiger partial charge is 0.331 e. The lowest BCUT2D eigenvalue weighted by atomic mass is 9.96. The fourth-order valence-electron chi connectivity index (χ4n) is 1.58. The maximum absolute atomic E-state index is 11.9. The van der Waals surface area contributed by atoms with Crippen LogP contribution < -0.4 is 10.6 Å². The third kappa shape index (κ3) is 4.24. The van der Waals surface area contributed by atoms with E-state index in [2.05, 4.69) is 10.6 Å². The van der Waals surface area contributed by atoms with E-state index in [4.69, 9.17) is 0 Å². The molecule has 0 aliphatic rings. The second-order valence-electron chi connectivity index (χ2n) is 4.65. The van der Waals surface area contributed by atoms with E-state index in [-0.39, 0.29) is 5.54 Å². The molecule has 1 atom stereocenters. The molecule has 0 saturated heterocycles. The molecule has 106 valence electrons. The van der Waals surface area contributed by atoms with E-state index in [9.17, 15) is 14.7 Å². The molecule has 1 heterocycles. The fraction of sp³-hybridized carbons (Fsp3) is 0.538. The number of carbonyl (C=O) groups is 2. The van der Waals surface area contributed by atoms with Crippen LogP contribution in [-0.4, -0.2) is 22.6 Å². The molecular weight excluding hydrogens is 264 g/mol. The van der Waals surface area contributed by atoms with E-state index in [0.717, 1.165) is 12.8 Å². The van der Waals surface area contributed by atoms with Crippen LogP contribution in [0.2, 0.25) is 0 Å². The summed E-state index contributed by atoms with van der Waals surface area (Å²) in [6, 6.07) is 2.00. The highest BCUT2D eigenvalue weighted by Gasteiger charge is 2.27. The lowest BCUT2D eigenvalue weighted by Gasteiger charge is -2.29. The Morgan fingerprint density at radius 2 is 2.05 bits per heavy atom. The molecule has 0 aliphatic heterocycles. The largest absolute Gasteiger partial charge is 0.479 e. The number of aliphatic carboxylic acids is 1. The van der Waals surface area contributed by atoms with Gasteiger partial charge in [0, 0.05) is 10.4 Å². The molecule has 0 aliphatic carbocycles. The molecule has 0 bridgehead atoms. The van der Waals surface area contributed by atoms with Crippen LogP contribution in [0.1, 0.15) is 44.5 Å². The lowest BCUT2D eigenvalue weighted by molar-refractivity contribution is -0.139. The Labute approximate surface area is 117 Å². The highest BCUT2D eigenvalue weighted by molar-refractivity contribution is 7.10. The minimum atomic E-state index is -1.06. The molecule has 3 N–H and O–H groups in total. The maximum atomic E-state index is 11.9. The molecule has 1 aromatic rings. The number of hydrogen-bond acceptors (Lipinski definition) is 3. The van der Waals surface area contributed by atoms with Crippen molar-refractivity contribution in [1.29, 1.82) is 0 Å². The zero-order valence-corrected chi connectivity index (χ0v) is 12.2. The van der Waals surface area contributed by atoms with E-state index in [0.29, 0.717) is 4.88 Å². The van der Waals surface area contributed by atoms with Crippen LogP contribution in [0, 0.1) is 0 Å². The Hall–Kier alpha value is -1.56. The number of carbonyl (C=O) groups excluding carboxylic acids is 1. The number of carboxylic acids is 1. The van der Waals surface area contributed by atoms with Crippen molar-refractivity contribution in [2.24, 2.45) is 0 Å². The Bertz CT molecular complexity index is 427. The van der Waals surface area contributed by atoms with Crippen LogP contribution in [0.5, 0.6) is 0 Å². The van der Waals surface area contributed by atoms with Crippen LogP contribution in [0.3, 0.4) is 0 Å². The van der Waals surface area contributed by atoms with Gasteiger partial charge in [-0.15, -0.1) is 11.3 Å². The van der Waals surface area contributed by atoms with Crippen LogP contribution in [0.4, 0.5) is 4.79 Å². The number of amides is 2. The molecule has 0 saturated carbocycles. The third-order valence-corrected chi connectivity index (χ3v) is 4.26. The average Bonchev–Trinajstić information content (AvgIpc) is 2.89. The van der Waals surface area contributed by atoms with Gasteiger partial charge in [0.05, 0.1) is 0 Å². The van der Waals surface area contributed by atoms with Gasteiger partial charge in [-0.3, -0.25) is 0 Å². The SMILES string of the molecule is CCC(C)(CC)NC(=O)NC(C(=O)O)c1cccs1. The first-order valence-corrected chi connectivity index (χ1v) is 7.14. The molecule has 0 spiro atoms. The summed E-state index contributed by atoms with van der Waals surface area (Å²) in [6.07, 6.45) is 1.57. The summed E-state index contributed by atoms with van der Waals surface area (Å²) in [5.74, 6) is -1.06. The summed E-state index contributed by atoms with van der Waals surface area (Å²) >= 11 is 1.31. The molecule has 1 rings (SSSR count). The van der Waals surface area contributed by atoms with Gasteiger partial charge in [-0.2, -0.15) is 0 Å². The number of carboxylic acid groups (broad SMARTS) is 1. The monoisotopic (exact) mass is 284 g/mol. The predicted molar refractivity (Wildman–Crippen MR) is 75.4 cm³/mol. The highest BCUT2D eigenvalue weighted by Crippen LogP contribution is 2.19. The average molecular weight is 284 g/mol. The first-order chi connectivity index (χ1) is 8.91. The molecule has 1 aromatic heterocycles. The third-order valence-electron chi connectivity index (χ3n) is 3.33. The second-order valence-corrected chi connectivity index (χ2v) is 5.63. The molecule has 0 fully saturated rings. The normalized spacial score (nSPS) is 12.8. The number of urea groups is 1. The molecule has 2 amide bonds. The van der Waals surface area contributed by atoms with Crippen molar-refractivity contribution < 1.29 is 14.7 Å². The molecule has 19 heavy (non-hydrogen) atoms. The van der Waals surface area contributed by atoms with Crippen molar-refractivity contribution in [3.8, 4) is 0 Å². The maximum Gasteiger partial charge on any atom is 0.331 e. The summed E-state index contributed by atoms with van der Waals surface area (Å²) in [6.45, 7) is 5.91. The molecule has 5 nitrogen and oxygen atoms in total. The van der Waals surface area contributed by atoms with Gasteiger partial charge in [0.15, 0.2) is 6.04 Å². The van der Waals surface area contributed by atoms with Crippen molar-refractivity contribution in [3.05, 3.63) is 22.4 Å². The number of nitrogens with one attached hydrogen (secondary N) is 2. The van der Waals surface area contributed by atoms with Crippen molar-refractivity contribution in [2.45, 2.75) is 45.2 Å². The van der Waals surface area contributed by atoms with Gasteiger partial charge in [-0.25, -0.2) is 9.59 Å². The van der Waals surface area contributed by atoms with Crippen molar-refractivity contribution in [1.82, 2.24) is 10.6 Å². The van der Waals surface area contributed by atoms with Gasteiger partial charge in [0.1, 0.15) is 0 Å². The minimum Gasteiger partial charge on any atom is -0.479 e. The van der Waals surface area contributed by atoms with Crippen molar-refractivity contribution in [3.63, 3.8) is 0 Å². The first kappa shape index (κ1) is 15.5. The zero-order chi connectivity index (χ0) is 14.5. The topological polar surface area (TPSA) is 78.4 Å². The van der Waals surface area contributed by atoms with E-state index < -0.39 is 18.0 Å². The number of rotatable bonds is 6. The Morgan fingerprint density at radius 1 is 1.42 bits per heavy atom. The zero-order valence-electron chi connectivity index (χ0n) is 11.4. The van der Waals surface area contributed by atoms with Gasteiger partial charge < -0.3 is 15.7 Å². The number of thiophene rings is 1. The summed E-state index contributed by atoms with van der Waals surface area (Å²) < 4.78 is 0. The molecular formula is C13H20N2O3S. The van der Waals surface area contributed by atoms with E-state index >= 15 is 0 Å². The summed E-state index contributed by atoms with van der Waals surface area (Å²) in [5.41, 5.74) is -0.317.